The molecule has 0 saturated heterocycles. The number of carbonyl (C=O) groups excluding carboxylic acids is 1. The number of carbonyl (C=O) groups is 1. The predicted molar refractivity (Wildman–Crippen MR) is 85.5 cm³/mol. The van der Waals surface area contributed by atoms with Gasteiger partial charge in [0.1, 0.15) is 0 Å². The van der Waals surface area contributed by atoms with Crippen molar-refractivity contribution in [3.8, 4) is 0 Å². The summed E-state index contributed by atoms with van der Waals surface area (Å²) in [4.78, 5) is 20.8. The molecule has 1 aliphatic carbocycles. The Labute approximate surface area is 128 Å². The number of hydrogen-bond donors (Lipinski definition) is 1. The van der Waals surface area contributed by atoms with Gasteiger partial charge in [-0.05, 0) is 42.1 Å². The minimum atomic E-state index is 0.0306. The number of pyridine rings is 2. The molecule has 0 bridgehead atoms. The van der Waals surface area contributed by atoms with Crippen molar-refractivity contribution in [3.05, 3.63) is 66.7 Å². The van der Waals surface area contributed by atoms with Crippen molar-refractivity contribution in [3.63, 3.8) is 0 Å². The van der Waals surface area contributed by atoms with E-state index in [2.05, 4.69) is 15.3 Å². The van der Waals surface area contributed by atoms with Crippen LogP contribution in [0.1, 0.15) is 18.0 Å². The number of benzene rings is 1. The van der Waals surface area contributed by atoms with E-state index in [0.717, 1.165) is 28.6 Å². The van der Waals surface area contributed by atoms with Gasteiger partial charge in [0.2, 0.25) is 5.91 Å². The number of amides is 1. The lowest BCUT2D eigenvalue weighted by Crippen LogP contribution is -2.14. The van der Waals surface area contributed by atoms with Crippen LogP contribution in [-0.2, 0) is 4.79 Å². The molecule has 1 aromatic carbocycles. The van der Waals surface area contributed by atoms with Crippen LogP contribution in [0.15, 0.2) is 61.1 Å². The Morgan fingerprint density at radius 2 is 2.05 bits per heavy atom. The summed E-state index contributed by atoms with van der Waals surface area (Å²) in [5.74, 6) is 0.359. The first kappa shape index (κ1) is 13.0. The van der Waals surface area contributed by atoms with Crippen LogP contribution in [0.25, 0.3) is 10.8 Å². The number of fused-ring (bicyclic) bond motifs is 1. The molecule has 2 heterocycles. The standard InChI is InChI=1S/C18H15N3O/c22-18(16-10-15(16)17-3-1-2-7-20-17)21-14-5-4-13-11-19-8-6-12(13)9-14/h1-9,11,15-16H,10H2,(H,21,22). The van der Waals surface area contributed by atoms with Crippen molar-refractivity contribution in [1.82, 2.24) is 9.97 Å². The van der Waals surface area contributed by atoms with E-state index in [1.165, 1.54) is 0 Å². The summed E-state index contributed by atoms with van der Waals surface area (Å²) in [5, 5.41) is 5.15. The third-order valence-corrected chi connectivity index (χ3v) is 4.10. The molecule has 1 N–H and O–H groups in total. The summed E-state index contributed by atoms with van der Waals surface area (Å²) in [5.41, 5.74) is 1.84. The molecule has 1 saturated carbocycles. The monoisotopic (exact) mass is 289 g/mol. The number of nitrogens with zero attached hydrogens (tertiary/aromatic N) is 2. The van der Waals surface area contributed by atoms with Crippen LogP contribution in [0.5, 0.6) is 0 Å². The molecule has 2 unspecified atom stereocenters. The first-order valence-corrected chi connectivity index (χ1v) is 7.37. The van der Waals surface area contributed by atoms with Crippen LogP contribution in [-0.4, -0.2) is 15.9 Å². The number of hydrogen-bond acceptors (Lipinski definition) is 3. The third kappa shape index (κ3) is 2.44. The minimum Gasteiger partial charge on any atom is -0.326 e. The van der Waals surface area contributed by atoms with Crippen LogP contribution in [0.4, 0.5) is 5.69 Å². The van der Waals surface area contributed by atoms with Crippen molar-refractivity contribution in [1.29, 1.82) is 0 Å². The molecule has 1 aliphatic rings. The Morgan fingerprint density at radius 3 is 2.91 bits per heavy atom. The molecule has 0 spiro atoms. The second-order valence-corrected chi connectivity index (χ2v) is 5.63. The molecule has 108 valence electrons. The van der Waals surface area contributed by atoms with Gasteiger partial charge in [-0.1, -0.05) is 12.1 Å². The molecule has 4 nitrogen and oxygen atoms in total. The fourth-order valence-corrected chi connectivity index (χ4v) is 2.80. The maximum absolute atomic E-state index is 12.3. The van der Waals surface area contributed by atoms with Crippen LogP contribution >= 0.6 is 0 Å². The van der Waals surface area contributed by atoms with Crippen molar-refractivity contribution >= 4 is 22.4 Å². The number of nitrogens with one attached hydrogen (secondary N) is 1. The quantitative estimate of drug-likeness (QED) is 0.804. The van der Waals surface area contributed by atoms with Gasteiger partial charge in [0.05, 0.1) is 0 Å². The van der Waals surface area contributed by atoms with E-state index in [1.807, 2.05) is 48.7 Å². The minimum absolute atomic E-state index is 0.0306. The number of anilines is 1. The van der Waals surface area contributed by atoms with Crippen LogP contribution < -0.4 is 5.32 Å². The predicted octanol–water partition coefficient (Wildman–Crippen LogP) is 3.37. The number of aromatic nitrogens is 2. The molecule has 2 aromatic heterocycles. The van der Waals surface area contributed by atoms with Crippen LogP contribution in [0.2, 0.25) is 0 Å². The molecule has 0 radical (unpaired) electrons. The topological polar surface area (TPSA) is 54.9 Å². The Hall–Kier alpha value is -2.75. The van der Waals surface area contributed by atoms with Gasteiger partial charge in [0.25, 0.3) is 0 Å². The molecule has 4 heteroatoms. The Kier molecular flexibility index (Phi) is 3.07. The second kappa shape index (κ2) is 5.22. The maximum Gasteiger partial charge on any atom is 0.228 e. The van der Waals surface area contributed by atoms with Crippen molar-refractivity contribution in [2.45, 2.75) is 12.3 Å². The van der Waals surface area contributed by atoms with E-state index < -0.39 is 0 Å². The van der Waals surface area contributed by atoms with Gasteiger partial charge in [-0.25, -0.2) is 0 Å². The highest BCUT2D eigenvalue weighted by Crippen LogP contribution is 2.47. The molecule has 3 aromatic rings. The zero-order chi connectivity index (χ0) is 14.9. The average Bonchev–Trinajstić information content (AvgIpc) is 3.36. The second-order valence-electron chi connectivity index (χ2n) is 5.63. The zero-order valence-electron chi connectivity index (χ0n) is 11.9. The Balaban J connectivity index is 1.48. The fraction of sp³-hybridized carbons (Fsp3) is 0.167. The van der Waals surface area contributed by atoms with Crippen molar-refractivity contribution in [2.75, 3.05) is 5.32 Å². The highest BCUT2D eigenvalue weighted by molar-refractivity contribution is 5.97. The van der Waals surface area contributed by atoms with Gasteiger partial charge in [-0.15, -0.1) is 0 Å². The van der Waals surface area contributed by atoms with E-state index in [0.29, 0.717) is 0 Å². The van der Waals surface area contributed by atoms with Gasteiger partial charge >= 0.3 is 0 Å². The summed E-state index contributed by atoms with van der Waals surface area (Å²) in [6.07, 6.45) is 6.23. The fourth-order valence-electron chi connectivity index (χ4n) is 2.80. The smallest absolute Gasteiger partial charge is 0.228 e. The molecule has 22 heavy (non-hydrogen) atoms. The first-order chi connectivity index (χ1) is 10.8. The SMILES string of the molecule is O=C(Nc1ccc2cnccc2c1)C1CC1c1ccccn1. The molecular weight excluding hydrogens is 274 g/mol. The lowest BCUT2D eigenvalue weighted by atomic mass is 10.1. The third-order valence-electron chi connectivity index (χ3n) is 4.10. The summed E-state index contributed by atoms with van der Waals surface area (Å²) < 4.78 is 0. The maximum atomic E-state index is 12.3. The molecule has 1 amide bonds. The largest absolute Gasteiger partial charge is 0.326 e. The molecule has 2 atom stereocenters. The van der Waals surface area contributed by atoms with E-state index in [9.17, 15) is 4.79 Å². The highest BCUT2D eigenvalue weighted by Gasteiger charge is 2.44. The summed E-state index contributed by atoms with van der Waals surface area (Å²) in [6.45, 7) is 0. The van der Waals surface area contributed by atoms with Gasteiger partial charge < -0.3 is 5.32 Å². The van der Waals surface area contributed by atoms with E-state index in [-0.39, 0.29) is 17.7 Å². The zero-order valence-corrected chi connectivity index (χ0v) is 11.9. The molecule has 4 rings (SSSR count). The van der Waals surface area contributed by atoms with Crippen LogP contribution in [0.3, 0.4) is 0 Å². The van der Waals surface area contributed by atoms with Gasteiger partial charge in [0, 0.05) is 47.2 Å². The van der Waals surface area contributed by atoms with Gasteiger partial charge in [-0.3, -0.25) is 14.8 Å². The van der Waals surface area contributed by atoms with E-state index in [4.69, 9.17) is 0 Å². The molecule has 1 fully saturated rings. The lowest BCUT2D eigenvalue weighted by Gasteiger charge is -2.06. The summed E-state index contributed by atoms with van der Waals surface area (Å²) in [6, 6.07) is 13.7. The first-order valence-electron chi connectivity index (χ1n) is 7.37. The molecular formula is C18H15N3O. The normalized spacial score (nSPS) is 19.8. The van der Waals surface area contributed by atoms with E-state index in [1.54, 1.807) is 12.4 Å². The van der Waals surface area contributed by atoms with Crippen LogP contribution in [0, 0.1) is 5.92 Å². The number of rotatable bonds is 3. The summed E-state index contributed by atoms with van der Waals surface area (Å²) in [7, 11) is 0. The van der Waals surface area contributed by atoms with Crippen molar-refractivity contribution < 1.29 is 4.79 Å². The Morgan fingerprint density at radius 1 is 1.09 bits per heavy atom. The highest BCUT2D eigenvalue weighted by atomic mass is 16.2. The summed E-state index contributed by atoms with van der Waals surface area (Å²) >= 11 is 0. The molecule has 0 aliphatic heterocycles. The Bertz CT molecular complexity index is 832. The van der Waals surface area contributed by atoms with E-state index >= 15 is 0 Å². The van der Waals surface area contributed by atoms with Gasteiger partial charge in [-0.2, -0.15) is 0 Å². The lowest BCUT2D eigenvalue weighted by molar-refractivity contribution is -0.117. The van der Waals surface area contributed by atoms with Crippen molar-refractivity contribution in [2.24, 2.45) is 5.92 Å². The average molecular weight is 289 g/mol. The van der Waals surface area contributed by atoms with Gasteiger partial charge in [0.15, 0.2) is 0 Å².